The van der Waals surface area contributed by atoms with Crippen LogP contribution in [-0.4, -0.2) is 22.1 Å². The summed E-state index contributed by atoms with van der Waals surface area (Å²) in [6.07, 6.45) is 5.13. The third-order valence-electron chi connectivity index (χ3n) is 4.34. The van der Waals surface area contributed by atoms with E-state index in [4.69, 9.17) is 4.74 Å². The molecule has 5 heteroatoms. The summed E-state index contributed by atoms with van der Waals surface area (Å²) in [6.45, 7) is 6.36. The van der Waals surface area contributed by atoms with Gasteiger partial charge in [-0.2, -0.15) is 0 Å². The van der Waals surface area contributed by atoms with Gasteiger partial charge in [-0.05, 0) is 30.4 Å². The largest absolute Gasteiger partial charge is 0.493 e. The number of para-hydroxylation sites is 1. The first-order chi connectivity index (χ1) is 11.6. The first-order valence-corrected chi connectivity index (χ1v) is 8.61. The molecule has 2 heterocycles. The Bertz CT molecular complexity index is 693. The minimum absolute atomic E-state index is 0.0462. The Labute approximate surface area is 143 Å². The van der Waals surface area contributed by atoms with E-state index in [1.165, 1.54) is 0 Å². The second-order valence-corrected chi connectivity index (χ2v) is 6.79. The number of nitrogens with one attached hydrogen (secondary N) is 1. The van der Waals surface area contributed by atoms with Gasteiger partial charge in [0.1, 0.15) is 5.75 Å². The van der Waals surface area contributed by atoms with Crippen LogP contribution in [0.5, 0.6) is 5.75 Å². The van der Waals surface area contributed by atoms with Crippen LogP contribution < -0.4 is 10.1 Å². The van der Waals surface area contributed by atoms with E-state index in [9.17, 15) is 4.79 Å². The predicted molar refractivity (Wildman–Crippen MR) is 92.7 cm³/mol. The van der Waals surface area contributed by atoms with Crippen LogP contribution in [0, 0.1) is 11.8 Å². The fourth-order valence-electron chi connectivity index (χ4n) is 3.09. The highest BCUT2D eigenvalue weighted by molar-refractivity contribution is 5.79. The van der Waals surface area contributed by atoms with Crippen LogP contribution in [-0.2, 0) is 24.3 Å². The lowest BCUT2D eigenvalue weighted by Gasteiger charge is -2.15. The molecule has 1 unspecified atom stereocenters. The lowest BCUT2D eigenvalue weighted by Crippen LogP contribution is -2.32. The van der Waals surface area contributed by atoms with Crippen molar-refractivity contribution in [3.63, 3.8) is 0 Å². The maximum Gasteiger partial charge on any atom is 0.223 e. The molecule has 3 rings (SSSR count). The van der Waals surface area contributed by atoms with Crippen molar-refractivity contribution in [1.29, 1.82) is 0 Å². The molecule has 0 aliphatic carbocycles. The SMILES string of the molecule is CC(C)Cn1cncc1CNC(=O)C1CCOc2ccccc2C1. The van der Waals surface area contributed by atoms with E-state index >= 15 is 0 Å². The molecule has 0 saturated carbocycles. The van der Waals surface area contributed by atoms with Crippen molar-refractivity contribution in [2.45, 2.75) is 39.8 Å². The number of ether oxygens (including phenoxy) is 1. The molecule has 5 nitrogen and oxygen atoms in total. The quantitative estimate of drug-likeness (QED) is 0.919. The molecule has 1 aromatic heterocycles. The topological polar surface area (TPSA) is 56.2 Å². The summed E-state index contributed by atoms with van der Waals surface area (Å²) in [5, 5.41) is 3.07. The number of nitrogens with zero attached hydrogens (tertiary/aromatic N) is 2. The Balaban J connectivity index is 1.60. The average Bonchev–Trinajstić information content (AvgIpc) is 2.87. The van der Waals surface area contributed by atoms with E-state index in [2.05, 4.69) is 28.7 Å². The maximum absolute atomic E-state index is 12.6. The summed E-state index contributed by atoms with van der Waals surface area (Å²) >= 11 is 0. The van der Waals surface area contributed by atoms with E-state index in [1.54, 1.807) is 0 Å². The van der Waals surface area contributed by atoms with Crippen molar-refractivity contribution < 1.29 is 9.53 Å². The molecular weight excluding hydrogens is 302 g/mol. The summed E-state index contributed by atoms with van der Waals surface area (Å²) in [5.74, 6) is 1.50. The molecule has 1 amide bonds. The van der Waals surface area contributed by atoms with Gasteiger partial charge in [0.15, 0.2) is 0 Å². The van der Waals surface area contributed by atoms with Gasteiger partial charge in [-0.1, -0.05) is 32.0 Å². The van der Waals surface area contributed by atoms with Crippen LogP contribution in [0.2, 0.25) is 0 Å². The Morgan fingerprint density at radius 2 is 2.25 bits per heavy atom. The molecule has 1 aliphatic rings. The van der Waals surface area contributed by atoms with Crippen molar-refractivity contribution in [2.75, 3.05) is 6.61 Å². The van der Waals surface area contributed by atoms with Crippen LogP contribution in [0.15, 0.2) is 36.8 Å². The van der Waals surface area contributed by atoms with Crippen molar-refractivity contribution in [2.24, 2.45) is 11.8 Å². The van der Waals surface area contributed by atoms with Gasteiger partial charge < -0.3 is 14.6 Å². The van der Waals surface area contributed by atoms with Crippen molar-refractivity contribution in [1.82, 2.24) is 14.9 Å². The average molecular weight is 327 g/mol. The second kappa shape index (κ2) is 7.51. The molecule has 0 saturated heterocycles. The lowest BCUT2D eigenvalue weighted by atomic mass is 9.96. The fourth-order valence-corrected chi connectivity index (χ4v) is 3.09. The molecule has 1 atom stereocenters. The lowest BCUT2D eigenvalue weighted by molar-refractivity contribution is -0.125. The normalized spacial score (nSPS) is 17.0. The van der Waals surface area contributed by atoms with Gasteiger partial charge in [0.05, 0.1) is 25.2 Å². The van der Waals surface area contributed by atoms with Crippen molar-refractivity contribution in [3.8, 4) is 5.75 Å². The first kappa shape index (κ1) is 16.6. The fraction of sp³-hybridized carbons (Fsp3) is 0.474. The second-order valence-electron chi connectivity index (χ2n) is 6.79. The maximum atomic E-state index is 12.6. The van der Waals surface area contributed by atoms with Crippen LogP contribution >= 0.6 is 0 Å². The summed E-state index contributed by atoms with van der Waals surface area (Å²) in [7, 11) is 0. The van der Waals surface area contributed by atoms with Crippen molar-refractivity contribution in [3.05, 3.63) is 48.0 Å². The number of carbonyl (C=O) groups excluding carboxylic acids is 1. The van der Waals surface area contributed by atoms with Gasteiger partial charge in [0.25, 0.3) is 0 Å². The Morgan fingerprint density at radius 3 is 3.08 bits per heavy atom. The monoisotopic (exact) mass is 327 g/mol. The van der Waals surface area contributed by atoms with E-state index in [0.717, 1.165) is 36.4 Å². The van der Waals surface area contributed by atoms with Crippen LogP contribution in [0.3, 0.4) is 0 Å². The van der Waals surface area contributed by atoms with Crippen molar-refractivity contribution >= 4 is 5.91 Å². The molecule has 0 spiro atoms. The summed E-state index contributed by atoms with van der Waals surface area (Å²) in [6, 6.07) is 7.97. The molecule has 1 aliphatic heterocycles. The van der Waals surface area contributed by atoms with Crippen LogP contribution in [0.4, 0.5) is 0 Å². The van der Waals surface area contributed by atoms with Gasteiger partial charge >= 0.3 is 0 Å². The molecule has 0 radical (unpaired) electrons. The third-order valence-corrected chi connectivity index (χ3v) is 4.34. The highest BCUT2D eigenvalue weighted by Gasteiger charge is 2.23. The minimum Gasteiger partial charge on any atom is -0.493 e. The summed E-state index contributed by atoms with van der Waals surface area (Å²) < 4.78 is 7.86. The Kier molecular flexibility index (Phi) is 5.18. The summed E-state index contributed by atoms with van der Waals surface area (Å²) in [5.41, 5.74) is 2.15. The van der Waals surface area contributed by atoms with Gasteiger partial charge in [0.2, 0.25) is 5.91 Å². The number of benzene rings is 1. The summed E-state index contributed by atoms with van der Waals surface area (Å²) in [4.78, 5) is 16.8. The zero-order valence-electron chi connectivity index (χ0n) is 14.4. The zero-order chi connectivity index (χ0) is 16.9. The van der Waals surface area contributed by atoms with Gasteiger partial charge in [-0.3, -0.25) is 4.79 Å². The van der Waals surface area contributed by atoms with E-state index < -0.39 is 0 Å². The predicted octanol–water partition coefficient (Wildman–Crippen LogP) is 2.80. The van der Waals surface area contributed by atoms with E-state index in [-0.39, 0.29) is 11.8 Å². The molecule has 0 bridgehead atoms. The highest BCUT2D eigenvalue weighted by atomic mass is 16.5. The smallest absolute Gasteiger partial charge is 0.223 e. The van der Waals surface area contributed by atoms with Gasteiger partial charge in [-0.25, -0.2) is 4.98 Å². The Hall–Kier alpha value is -2.30. The molecule has 0 fully saturated rings. The van der Waals surface area contributed by atoms with Gasteiger partial charge in [-0.15, -0.1) is 0 Å². The highest BCUT2D eigenvalue weighted by Crippen LogP contribution is 2.26. The number of carbonyl (C=O) groups is 1. The molecule has 128 valence electrons. The third kappa shape index (κ3) is 3.96. The number of amides is 1. The van der Waals surface area contributed by atoms with E-state index in [0.29, 0.717) is 19.1 Å². The minimum atomic E-state index is -0.0462. The Morgan fingerprint density at radius 1 is 1.42 bits per heavy atom. The number of hydrogen-bond acceptors (Lipinski definition) is 3. The molecular formula is C19H25N3O2. The number of hydrogen-bond donors (Lipinski definition) is 1. The molecule has 1 aromatic carbocycles. The number of imidazole rings is 1. The molecule has 24 heavy (non-hydrogen) atoms. The standard InChI is InChI=1S/C19H25N3O2/c1-14(2)12-22-13-20-10-17(22)11-21-19(23)16-7-8-24-18-6-4-3-5-15(18)9-16/h3-6,10,13-14,16H,7-9,11-12H2,1-2H3,(H,21,23). The van der Waals surface area contributed by atoms with Crippen LogP contribution in [0.1, 0.15) is 31.5 Å². The number of rotatable bonds is 5. The first-order valence-electron chi connectivity index (χ1n) is 8.61. The van der Waals surface area contributed by atoms with E-state index in [1.807, 2.05) is 36.8 Å². The molecule has 2 aromatic rings. The number of aromatic nitrogens is 2. The van der Waals surface area contributed by atoms with Gasteiger partial charge in [0, 0.05) is 18.7 Å². The number of fused-ring (bicyclic) bond motifs is 1. The van der Waals surface area contributed by atoms with Crippen LogP contribution in [0.25, 0.3) is 0 Å². The molecule has 1 N–H and O–H groups in total. The zero-order valence-corrected chi connectivity index (χ0v) is 14.4.